The number of ether oxygens (including phenoxy) is 1. The molecule has 2 fully saturated rings. The van der Waals surface area contributed by atoms with Gasteiger partial charge in [0.15, 0.2) is 12.1 Å². The Hall–Kier alpha value is -3.69. The summed E-state index contributed by atoms with van der Waals surface area (Å²) in [5, 5.41) is 7.77. The number of rotatable bonds is 9. The van der Waals surface area contributed by atoms with Gasteiger partial charge in [-0.1, -0.05) is 48.0 Å². The van der Waals surface area contributed by atoms with E-state index >= 15 is 0 Å². The monoisotopic (exact) mass is 532 g/mol. The van der Waals surface area contributed by atoms with Gasteiger partial charge in [0.1, 0.15) is 0 Å². The summed E-state index contributed by atoms with van der Waals surface area (Å²) in [4.78, 5) is 43.4. The van der Waals surface area contributed by atoms with Gasteiger partial charge in [-0.2, -0.15) is 0 Å². The van der Waals surface area contributed by atoms with E-state index in [4.69, 9.17) is 4.74 Å². The summed E-state index contributed by atoms with van der Waals surface area (Å²) >= 11 is 1.37. The van der Waals surface area contributed by atoms with Gasteiger partial charge in [0, 0.05) is 18.8 Å². The van der Waals surface area contributed by atoms with Crippen LogP contribution in [0.15, 0.2) is 66.0 Å². The van der Waals surface area contributed by atoms with Crippen molar-refractivity contribution in [1.29, 1.82) is 0 Å². The van der Waals surface area contributed by atoms with Gasteiger partial charge < -0.3 is 20.3 Å². The van der Waals surface area contributed by atoms with Crippen molar-refractivity contribution in [3.63, 3.8) is 0 Å². The van der Waals surface area contributed by atoms with E-state index in [0.29, 0.717) is 22.7 Å². The fraction of sp³-hybridized carbons (Fsp3) is 0.345. The molecule has 3 heterocycles. The van der Waals surface area contributed by atoms with Crippen molar-refractivity contribution < 1.29 is 19.1 Å². The minimum atomic E-state index is -0.812. The smallest absolute Gasteiger partial charge is 0.411 e. The molecule has 38 heavy (non-hydrogen) atoms. The highest BCUT2D eigenvalue weighted by Crippen LogP contribution is 2.34. The van der Waals surface area contributed by atoms with E-state index in [1.807, 2.05) is 42.6 Å². The standard InChI is InChI=1S/C29H32N4O4S/c1-20-6-4-7-21(18-20)19-33-25(28(35)30-13-16-32-14-2-3-15-32)26(37-29(33)36)22-9-11-23(12-10-22)31-27(34)24-8-5-17-38-24/h4-12,17-18,25-26H,2-3,13-16,19H2,1H3,(H,30,35)(H,31,34). The molecule has 2 aliphatic heterocycles. The van der Waals surface area contributed by atoms with Gasteiger partial charge >= 0.3 is 6.09 Å². The second kappa shape index (κ2) is 11.8. The zero-order chi connectivity index (χ0) is 26.5. The summed E-state index contributed by atoms with van der Waals surface area (Å²) in [6.07, 6.45) is 1.09. The van der Waals surface area contributed by atoms with Crippen molar-refractivity contribution in [2.75, 3.05) is 31.5 Å². The second-order valence-corrected chi connectivity index (χ2v) is 10.7. The van der Waals surface area contributed by atoms with Crippen molar-refractivity contribution in [2.24, 2.45) is 0 Å². The molecule has 3 aromatic rings. The van der Waals surface area contributed by atoms with Crippen LogP contribution >= 0.6 is 11.3 Å². The Bertz CT molecular complexity index is 1270. The van der Waals surface area contributed by atoms with Crippen LogP contribution in [-0.4, -0.2) is 59.9 Å². The minimum Gasteiger partial charge on any atom is -0.438 e. The molecule has 2 unspecified atom stereocenters. The largest absolute Gasteiger partial charge is 0.438 e. The Labute approximate surface area is 226 Å². The molecule has 9 heteroatoms. The number of carbonyl (C=O) groups is 3. The van der Waals surface area contributed by atoms with Crippen molar-refractivity contribution in [3.8, 4) is 0 Å². The number of carbonyl (C=O) groups excluding carboxylic acids is 3. The van der Waals surface area contributed by atoms with Gasteiger partial charge in [-0.05, 0) is 67.6 Å². The molecule has 2 atom stereocenters. The van der Waals surface area contributed by atoms with Crippen LogP contribution in [0.4, 0.5) is 10.5 Å². The van der Waals surface area contributed by atoms with E-state index in [0.717, 1.165) is 30.8 Å². The van der Waals surface area contributed by atoms with Gasteiger partial charge in [0.05, 0.1) is 11.4 Å². The number of nitrogens with zero attached hydrogens (tertiary/aromatic N) is 2. The summed E-state index contributed by atoms with van der Waals surface area (Å²) < 4.78 is 5.79. The quantitative estimate of drug-likeness (QED) is 0.421. The van der Waals surface area contributed by atoms with Gasteiger partial charge in [-0.15, -0.1) is 11.3 Å². The molecule has 3 amide bonds. The first kappa shape index (κ1) is 25.9. The molecule has 2 N–H and O–H groups in total. The number of hydrogen-bond acceptors (Lipinski definition) is 6. The van der Waals surface area contributed by atoms with Gasteiger partial charge in [-0.25, -0.2) is 4.79 Å². The fourth-order valence-corrected chi connectivity index (χ4v) is 5.64. The number of likely N-dealkylation sites (tertiary alicyclic amines) is 1. The third-order valence-electron chi connectivity index (χ3n) is 6.96. The molecule has 5 rings (SSSR count). The Kier molecular flexibility index (Phi) is 8.05. The van der Waals surface area contributed by atoms with Crippen LogP contribution in [0, 0.1) is 6.92 Å². The number of thiophene rings is 1. The van der Waals surface area contributed by atoms with E-state index in [9.17, 15) is 14.4 Å². The Morgan fingerprint density at radius 3 is 2.55 bits per heavy atom. The average Bonchev–Trinajstić information content (AvgIpc) is 3.67. The molecule has 0 radical (unpaired) electrons. The zero-order valence-electron chi connectivity index (χ0n) is 21.4. The topological polar surface area (TPSA) is 91.0 Å². The number of hydrogen-bond donors (Lipinski definition) is 2. The number of aryl methyl sites for hydroxylation is 1. The second-order valence-electron chi connectivity index (χ2n) is 9.76. The third kappa shape index (κ3) is 6.06. The molecule has 2 saturated heterocycles. The molecule has 1 aromatic heterocycles. The van der Waals surface area contributed by atoms with E-state index in [-0.39, 0.29) is 18.4 Å². The van der Waals surface area contributed by atoms with Crippen molar-refractivity contribution in [2.45, 2.75) is 38.5 Å². The van der Waals surface area contributed by atoms with Crippen molar-refractivity contribution in [3.05, 3.63) is 87.6 Å². The van der Waals surface area contributed by atoms with Crippen LogP contribution < -0.4 is 10.6 Å². The van der Waals surface area contributed by atoms with Gasteiger partial charge in [-0.3, -0.25) is 14.5 Å². The molecule has 0 spiro atoms. The molecular formula is C29H32N4O4S. The summed E-state index contributed by atoms with van der Waals surface area (Å²) in [7, 11) is 0. The minimum absolute atomic E-state index is 0.181. The molecule has 8 nitrogen and oxygen atoms in total. The molecule has 198 valence electrons. The highest BCUT2D eigenvalue weighted by atomic mass is 32.1. The predicted octanol–water partition coefficient (Wildman–Crippen LogP) is 4.58. The molecule has 0 bridgehead atoms. The van der Waals surface area contributed by atoms with Gasteiger partial charge in [0.25, 0.3) is 5.91 Å². The summed E-state index contributed by atoms with van der Waals surface area (Å²) in [5.41, 5.74) is 3.33. The highest BCUT2D eigenvalue weighted by molar-refractivity contribution is 7.12. The number of nitrogens with one attached hydrogen (secondary N) is 2. The maximum atomic E-state index is 13.5. The normalized spacial score (nSPS) is 19.4. The van der Waals surface area contributed by atoms with Crippen LogP contribution in [0.5, 0.6) is 0 Å². The fourth-order valence-electron chi connectivity index (χ4n) is 5.02. The molecule has 0 saturated carbocycles. The first-order chi connectivity index (χ1) is 18.5. The SMILES string of the molecule is Cc1cccc(CN2C(=O)OC(c3ccc(NC(=O)c4cccs4)cc3)C2C(=O)NCCN2CCCC2)c1. The Morgan fingerprint density at radius 1 is 1.05 bits per heavy atom. The first-order valence-electron chi connectivity index (χ1n) is 13.0. The highest BCUT2D eigenvalue weighted by Gasteiger charge is 2.47. The predicted molar refractivity (Wildman–Crippen MR) is 147 cm³/mol. The van der Waals surface area contributed by atoms with Crippen molar-refractivity contribution in [1.82, 2.24) is 15.1 Å². The number of benzene rings is 2. The lowest BCUT2D eigenvalue weighted by Crippen LogP contribution is -2.47. The van der Waals surface area contributed by atoms with E-state index in [1.54, 1.807) is 30.3 Å². The lowest BCUT2D eigenvalue weighted by molar-refractivity contribution is -0.126. The van der Waals surface area contributed by atoms with Crippen LogP contribution in [0.3, 0.4) is 0 Å². The summed E-state index contributed by atoms with van der Waals surface area (Å²) in [6, 6.07) is 17.8. The third-order valence-corrected chi connectivity index (χ3v) is 7.83. The first-order valence-corrected chi connectivity index (χ1v) is 13.8. The maximum Gasteiger partial charge on any atom is 0.411 e. The summed E-state index contributed by atoms with van der Waals surface area (Å²) in [5.74, 6) is -0.414. The number of amides is 3. The number of cyclic esters (lactones) is 1. The number of anilines is 1. The van der Waals surface area contributed by atoms with E-state index in [2.05, 4.69) is 15.5 Å². The van der Waals surface area contributed by atoms with E-state index < -0.39 is 18.2 Å². The van der Waals surface area contributed by atoms with Gasteiger partial charge in [0.2, 0.25) is 5.91 Å². The summed E-state index contributed by atoms with van der Waals surface area (Å²) in [6.45, 7) is 5.68. The van der Waals surface area contributed by atoms with E-state index in [1.165, 1.54) is 29.1 Å². The molecular weight excluding hydrogens is 500 g/mol. The van der Waals surface area contributed by atoms with Crippen LogP contribution in [0.1, 0.15) is 45.3 Å². The average molecular weight is 533 g/mol. The van der Waals surface area contributed by atoms with Crippen LogP contribution in [0.2, 0.25) is 0 Å². The Balaban J connectivity index is 1.33. The lowest BCUT2D eigenvalue weighted by atomic mass is 10.00. The molecule has 2 aliphatic rings. The lowest BCUT2D eigenvalue weighted by Gasteiger charge is -2.25. The zero-order valence-corrected chi connectivity index (χ0v) is 22.2. The Morgan fingerprint density at radius 2 is 1.84 bits per heavy atom. The molecule has 0 aliphatic carbocycles. The van der Waals surface area contributed by atoms with Crippen molar-refractivity contribution >= 4 is 34.9 Å². The molecule has 2 aromatic carbocycles. The maximum absolute atomic E-state index is 13.5. The van der Waals surface area contributed by atoms with Crippen LogP contribution in [0.25, 0.3) is 0 Å². The van der Waals surface area contributed by atoms with Crippen LogP contribution in [-0.2, 0) is 16.1 Å².